The predicted octanol–water partition coefficient (Wildman–Crippen LogP) is 4.92. The Balaban J connectivity index is 1.98. The van der Waals surface area contributed by atoms with Gasteiger partial charge >= 0.3 is 5.97 Å². The lowest BCUT2D eigenvalue weighted by Crippen LogP contribution is -2.47. The molecule has 0 atom stereocenters. The molecule has 2 aliphatic rings. The molecule has 0 saturated heterocycles. The maximum absolute atomic E-state index is 13.7. The lowest BCUT2D eigenvalue weighted by atomic mass is 9.81. The second-order valence-electron chi connectivity index (χ2n) is 9.18. The van der Waals surface area contributed by atoms with E-state index >= 15 is 0 Å². The summed E-state index contributed by atoms with van der Waals surface area (Å²) in [6.45, 7) is 6.21. The van der Waals surface area contributed by atoms with Crippen LogP contribution in [0.3, 0.4) is 0 Å². The molecular weight excluding hydrogens is 398 g/mol. The number of hydrogen-bond acceptors (Lipinski definition) is 4. The molecule has 1 heterocycles. The highest BCUT2D eigenvalue weighted by Gasteiger charge is 2.37. The lowest BCUT2D eigenvalue weighted by molar-refractivity contribution is -0.124. The molecule has 30 heavy (non-hydrogen) atoms. The summed E-state index contributed by atoms with van der Waals surface area (Å²) < 4.78 is 0. The van der Waals surface area contributed by atoms with Crippen molar-refractivity contribution in [1.29, 1.82) is 0 Å². The molecule has 2 fully saturated rings. The Labute approximate surface area is 183 Å². The second-order valence-corrected chi connectivity index (χ2v) is 10.2. The van der Waals surface area contributed by atoms with Crippen LogP contribution in [0.2, 0.25) is 0 Å². The van der Waals surface area contributed by atoms with Crippen molar-refractivity contribution in [3.8, 4) is 11.8 Å². The monoisotopic (exact) mass is 431 g/mol. The summed E-state index contributed by atoms with van der Waals surface area (Å²) in [5.74, 6) is 5.97. The number of carboxylic acid groups (broad SMARTS) is 1. The van der Waals surface area contributed by atoms with Crippen molar-refractivity contribution in [3.63, 3.8) is 0 Å². The maximum Gasteiger partial charge on any atom is 0.348 e. The van der Waals surface area contributed by atoms with Gasteiger partial charge in [-0.05, 0) is 63.4 Å². The molecule has 3 rings (SSSR count). The van der Waals surface area contributed by atoms with E-state index in [-0.39, 0.29) is 34.8 Å². The van der Waals surface area contributed by atoms with Crippen molar-refractivity contribution in [3.05, 3.63) is 15.8 Å². The molecule has 0 aliphatic heterocycles. The summed E-state index contributed by atoms with van der Waals surface area (Å²) in [6, 6.07) is 1.72. The number of hydrogen-bond donors (Lipinski definition) is 2. The van der Waals surface area contributed by atoms with Gasteiger partial charge in [0.2, 0.25) is 5.91 Å². The number of rotatable bonds is 4. The fourth-order valence-electron chi connectivity index (χ4n) is 4.51. The van der Waals surface area contributed by atoms with Gasteiger partial charge in [-0.1, -0.05) is 32.6 Å². The number of aliphatic hydroxyl groups excluding tert-OH is 1. The van der Waals surface area contributed by atoms with Gasteiger partial charge in [0, 0.05) is 17.9 Å². The first-order valence-electron chi connectivity index (χ1n) is 11.2. The molecule has 1 aromatic rings. The highest BCUT2D eigenvalue weighted by atomic mass is 32.1. The van der Waals surface area contributed by atoms with E-state index in [1.54, 1.807) is 11.0 Å². The highest BCUT2D eigenvalue weighted by Crippen LogP contribution is 2.38. The van der Waals surface area contributed by atoms with E-state index in [0.717, 1.165) is 37.0 Å². The van der Waals surface area contributed by atoms with Crippen molar-refractivity contribution in [1.82, 2.24) is 0 Å². The molecule has 0 unspecified atom stereocenters. The largest absolute Gasteiger partial charge is 0.477 e. The van der Waals surface area contributed by atoms with E-state index in [1.165, 1.54) is 0 Å². The van der Waals surface area contributed by atoms with E-state index in [1.807, 2.05) is 13.8 Å². The average molecular weight is 432 g/mol. The lowest BCUT2D eigenvalue weighted by Gasteiger charge is -2.38. The minimum absolute atomic E-state index is 0.0481. The number of nitrogens with zero attached hydrogens (tertiary/aromatic N) is 1. The van der Waals surface area contributed by atoms with Gasteiger partial charge in [-0.2, -0.15) is 0 Å². The van der Waals surface area contributed by atoms with E-state index in [4.69, 9.17) is 0 Å². The van der Waals surface area contributed by atoms with Crippen molar-refractivity contribution >= 4 is 28.9 Å². The van der Waals surface area contributed by atoms with Crippen molar-refractivity contribution < 1.29 is 19.8 Å². The number of aromatic carboxylic acids is 1. The Bertz CT molecular complexity index is 818. The third kappa shape index (κ3) is 5.44. The number of carbonyl (C=O) groups is 2. The zero-order chi connectivity index (χ0) is 21.8. The summed E-state index contributed by atoms with van der Waals surface area (Å²) in [4.78, 5) is 28.4. The van der Waals surface area contributed by atoms with Crippen LogP contribution in [0.1, 0.15) is 86.7 Å². The molecule has 5 nitrogen and oxygen atoms in total. The van der Waals surface area contributed by atoms with Crippen LogP contribution < -0.4 is 4.90 Å². The van der Waals surface area contributed by atoms with E-state index in [0.29, 0.717) is 42.2 Å². The molecule has 2 saturated carbocycles. The van der Waals surface area contributed by atoms with Gasteiger partial charge in [-0.25, -0.2) is 4.79 Å². The van der Waals surface area contributed by atoms with Crippen LogP contribution in [-0.2, 0) is 4.79 Å². The van der Waals surface area contributed by atoms with Gasteiger partial charge in [0.15, 0.2) is 0 Å². The van der Waals surface area contributed by atoms with Gasteiger partial charge in [-0.3, -0.25) is 4.79 Å². The van der Waals surface area contributed by atoms with Crippen LogP contribution in [0.5, 0.6) is 0 Å². The minimum atomic E-state index is -1.02. The predicted molar refractivity (Wildman–Crippen MR) is 120 cm³/mol. The number of anilines is 1. The summed E-state index contributed by atoms with van der Waals surface area (Å²) >= 11 is 1.15. The van der Waals surface area contributed by atoms with Crippen LogP contribution >= 0.6 is 11.3 Å². The van der Waals surface area contributed by atoms with Crippen LogP contribution in [0.15, 0.2) is 6.07 Å². The molecular formula is C24H33NO4S. The molecule has 0 radical (unpaired) electrons. The van der Waals surface area contributed by atoms with Crippen LogP contribution in [0.25, 0.3) is 0 Å². The number of thiophene rings is 1. The number of aliphatic hydroxyl groups is 1. The van der Waals surface area contributed by atoms with Crippen LogP contribution in [0.4, 0.5) is 5.69 Å². The molecule has 2 N–H and O–H groups in total. The first kappa shape index (κ1) is 22.8. The highest BCUT2D eigenvalue weighted by molar-refractivity contribution is 7.15. The topological polar surface area (TPSA) is 77.8 Å². The summed E-state index contributed by atoms with van der Waals surface area (Å²) in [5.41, 5.74) is 0.491. The molecule has 6 heteroatoms. The van der Waals surface area contributed by atoms with Crippen LogP contribution in [0, 0.1) is 29.6 Å². The number of carboxylic acids is 1. The summed E-state index contributed by atoms with van der Waals surface area (Å²) in [5, 5.41) is 19.8. The third-order valence-corrected chi connectivity index (χ3v) is 7.31. The standard InChI is InChI=1S/C24H33NO4S/c1-15(2)4-13-20-14-21(22(30-20)24(28)29)25(18-9-11-19(26)12-10-18)23(27)17-7-5-16(3)6-8-17/h14-19,26H,5-12H2,1-3H3,(H,28,29)/t16?,17?,18-,19-. The van der Waals surface area contributed by atoms with Crippen molar-refractivity contribution in [2.45, 2.75) is 84.3 Å². The summed E-state index contributed by atoms with van der Waals surface area (Å²) in [6.07, 6.45) is 6.13. The normalized spacial score (nSPS) is 26.7. The Morgan fingerprint density at radius 3 is 2.30 bits per heavy atom. The zero-order valence-corrected chi connectivity index (χ0v) is 19.0. The van der Waals surface area contributed by atoms with Gasteiger partial charge in [0.25, 0.3) is 0 Å². The SMILES string of the molecule is CC(C)C#Cc1cc(N(C(=O)C2CCC(C)CC2)[C@H]2CC[C@H](O)CC2)c(C(=O)O)s1. The first-order valence-corrected chi connectivity index (χ1v) is 12.0. The third-order valence-electron chi connectivity index (χ3n) is 6.28. The fraction of sp³-hybridized carbons (Fsp3) is 0.667. The Morgan fingerprint density at radius 1 is 1.10 bits per heavy atom. The fourth-order valence-corrected chi connectivity index (χ4v) is 5.36. The zero-order valence-electron chi connectivity index (χ0n) is 18.2. The summed E-state index contributed by atoms with van der Waals surface area (Å²) in [7, 11) is 0. The Hall–Kier alpha value is -1.84. The molecule has 0 bridgehead atoms. The van der Waals surface area contributed by atoms with Crippen molar-refractivity contribution in [2.24, 2.45) is 17.8 Å². The molecule has 1 aromatic heterocycles. The average Bonchev–Trinajstić information content (AvgIpc) is 3.13. The first-order chi connectivity index (χ1) is 14.3. The van der Waals surface area contributed by atoms with E-state index in [9.17, 15) is 19.8 Å². The Morgan fingerprint density at radius 2 is 1.73 bits per heavy atom. The number of amides is 1. The van der Waals surface area contributed by atoms with Gasteiger partial charge in [0.1, 0.15) is 4.88 Å². The van der Waals surface area contributed by atoms with E-state index < -0.39 is 5.97 Å². The maximum atomic E-state index is 13.7. The van der Waals surface area contributed by atoms with Gasteiger partial charge in [-0.15, -0.1) is 11.3 Å². The van der Waals surface area contributed by atoms with Crippen LogP contribution in [-0.4, -0.2) is 34.2 Å². The number of carbonyl (C=O) groups excluding carboxylic acids is 1. The molecule has 0 aromatic carbocycles. The minimum Gasteiger partial charge on any atom is -0.477 e. The Kier molecular flexibility index (Phi) is 7.60. The molecule has 164 valence electrons. The van der Waals surface area contributed by atoms with Gasteiger partial charge < -0.3 is 15.1 Å². The smallest absolute Gasteiger partial charge is 0.348 e. The van der Waals surface area contributed by atoms with Crippen molar-refractivity contribution in [2.75, 3.05) is 4.90 Å². The van der Waals surface area contributed by atoms with E-state index in [2.05, 4.69) is 18.8 Å². The quantitative estimate of drug-likeness (QED) is 0.664. The molecule has 2 aliphatic carbocycles. The molecule has 0 spiro atoms. The van der Waals surface area contributed by atoms with Gasteiger partial charge in [0.05, 0.1) is 16.7 Å². The second kappa shape index (κ2) is 9.98. The molecule has 1 amide bonds.